The molecule has 0 aliphatic heterocycles. The predicted molar refractivity (Wildman–Crippen MR) is 148 cm³/mol. The minimum atomic E-state index is -3.59. The number of sulfonamides is 1. The van der Waals surface area contributed by atoms with E-state index >= 15 is 0 Å². The fourth-order valence-corrected chi connectivity index (χ4v) is 5.98. The van der Waals surface area contributed by atoms with E-state index in [0.717, 1.165) is 38.5 Å². The van der Waals surface area contributed by atoms with E-state index in [1.54, 1.807) is 44.4 Å². The Morgan fingerprint density at radius 1 is 1.14 bits per heavy atom. The molecule has 0 fully saturated rings. The van der Waals surface area contributed by atoms with Crippen molar-refractivity contribution in [2.24, 2.45) is 5.73 Å². The molecule has 3 heterocycles. The number of hydrogen-bond acceptors (Lipinski definition) is 8. The molecule has 12 heteroatoms. The molecule has 36 heavy (non-hydrogen) atoms. The number of hydrogen-bond donors (Lipinski definition) is 2. The van der Waals surface area contributed by atoms with Gasteiger partial charge in [-0.25, -0.2) is 28.2 Å². The van der Waals surface area contributed by atoms with Gasteiger partial charge in [-0.15, -0.1) is 11.3 Å². The van der Waals surface area contributed by atoms with E-state index in [2.05, 4.69) is 16.6 Å². The number of nitrogens with one attached hydrogen (secondary N) is 1. The Bertz CT molecular complexity index is 1520. The van der Waals surface area contributed by atoms with E-state index < -0.39 is 20.8 Å². The zero-order valence-electron chi connectivity index (χ0n) is 20.7. The molecule has 0 unspecified atom stereocenters. The largest absolute Gasteiger partial charge is 0.351 e. The Hall–Kier alpha value is -3.09. The highest BCUT2D eigenvalue weighted by atomic mass is 32.2. The van der Waals surface area contributed by atoms with E-state index in [9.17, 15) is 13.2 Å². The molecule has 0 atom stereocenters. The molecule has 1 aromatic carbocycles. The zero-order valence-corrected chi connectivity index (χ0v) is 23.1. The first-order valence-corrected chi connectivity index (χ1v) is 14.6. The van der Waals surface area contributed by atoms with Crippen molar-refractivity contribution in [2.45, 2.75) is 45.8 Å². The first-order chi connectivity index (χ1) is 16.9. The van der Waals surface area contributed by atoms with Crippen LogP contribution in [-0.4, -0.2) is 40.7 Å². The molecule has 9 nitrogen and oxygen atoms in total. The molecule has 0 radical (unpaired) electrons. The Balaban J connectivity index is 1.81. The molecule has 0 aliphatic rings. The number of anilines is 2. The van der Waals surface area contributed by atoms with Gasteiger partial charge in [0.05, 0.1) is 25.7 Å². The van der Waals surface area contributed by atoms with E-state index in [1.807, 2.05) is 30.5 Å². The number of urea groups is 1. The zero-order chi connectivity index (χ0) is 26.3. The number of pyridine rings is 1. The van der Waals surface area contributed by atoms with Gasteiger partial charge in [0.15, 0.2) is 5.13 Å². The maximum Gasteiger partial charge on any atom is 0.321 e. The second kappa shape index (κ2) is 9.75. The first-order valence-electron chi connectivity index (χ1n) is 11.4. The minimum Gasteiger partial charge on any atom is -0.351 e. The van der Waals surface area contributed by atoms with Crippen LogP contribution in [0.1, 0.15) is 39.6 Å². The van der Waals surface area contributed by atoms with E-state index in [1.165, 1.54) is 16.2 Å². The molecule has 0 aliphatic carbocycles. The predicted octanol–water partition coefficient (Wildman–Crippen LogP) is 5.49. The van der Waals surface area contributed by atoms with E-state index in [-0.39, 0.29) is 5.82 Å². The third kappa shape index (κ3) is 5.06. The Morgan fingerprint density at radius 2 is 1.89 bits per heavy atom. The lowest BCUT2D eigenvalue weighted by molar-refractivity contribution is 0.254. The lowest BCUT2D eigenvalue weighted by atomic mass is 10.0. The second-order valence-corrected chi connectivity index (χ2v) is 13.4. The number of amides is 2. The molecule has 0 bridgehead atoms. The number of carbonyl (C=O) groups excluding carboxylic acids is 1. The van der Waals surface area contributed by atoms with Crippen LogP contribution in [0.3, 0.4) is 0 Å². The highest BCUT2D eigenvalue weighted by molar-refractivity contribution is 7.94. The number of fused-ring (bicyclic) bond motifs is 1. The quantitative estimate of drug-likeness (QED) is 0.316. The van der Waals surface area contributed by atoms with Crippen LogP contribution >= 0.6 is 22.7 Å². The maximum atomic E-state index is 12.5. The molecule has 2 amide bonds. The summed E-state index contributed by atoms with van der Waals surface area (Å²) in [5.74, 6) is 0.248. The summed E-state index contributed by atoms with van der Waals surface area (Å²) in [4.78, 5) is 27.2. The van der Waals surface area contributed by atoms with Crippen molar-refractivity contribution in [3.05, 3.63) is 40.8 Å². The highest BCUT2D eigenvalue weighted by Gasteiger charge is 2.29. The molecule has 3 N–H and O–H groups in total. The van der Waals surface area contributed by atoms with Crippen molar-refractivity contribution in [3.8, 4) is 22.4 Å². The molecule has 4 rings (SSSR count). The molecular weight excluding hydrogens is 517 g/mol. The van der Waals surface area contributed by atoms with Crippen LogP contribution in [-0.2, 0) is 16.4 Å². The minimum absolute atomic E-state index is 0.248. The average molecular weight is 545 g/mol. The number of carbonyl (C=O) groups is 1. The number of nitrogens with zero attached hydrogens (tertiary/aromatic N) is 4. The van der Waals surface area contributed by atoms with Crippen LogP contribution in [0.2, 0.25) is 0 Å². The van der Waals surface area contributed by atoms with Gasteiger partial charge in [-0.05, 0) is 63.9 Å². The number of aromatic nitrogens is 3. The first kappa shape index (κ1) is 26.0. The van der Waals surface area contributed by atoms with Gasteiger partial charge in [0, 0.05) is 29.2 Å². The monoisotopic (exact) mass is 544 g/mol. The van der Waals surface area contributed by atoms with E-state index in [4.69, 9.17) is 15.7 Å². The van der Waals surface area contributed by atoms with Crippen molar-refractivity contribution in [1.29, 1.82) is 0 Å². The molecule has 3 aromatic heterocycles. The summed E-state index contributed by atoms with van der Waals surface area (Å²) >= 11 is 3.00. The number of nitrogens with two attached hydrogens (primary N) is 1. The number of rotatable bonds is 7. The molecule has 0 spiro atoms. The number of primary amides is 1. The fraction of sp³-hybridized carbons (Fsp3) is 0.333. The van der Waals surface area contributed by atoms with Crippen LogP contribution in [0, 0.1) is 0 Å². The smallest absolute Gasteiger partial charge is 0.321 e. The molecule has 190 valence electrons. The van der Waals surface area contributed by atoms with Gasteiger partial charge in [0.25, 0.3) is 0 Å². The second-order valence-electron chi connectivity index (χ2n) is 9.08. The Labute approximate surface area is 218 Å². The third-order valence-electron chi connectivity index (χ3n) is 5.56. The fourth-order valence-electron chi connectivity index (χ4n) is 3.39. The van der Waals surface area contributed by atoms with Crippen LogP contribution in [0.4, 0.5) is 15.7 Å². The number of thiazole rings is 2. The van der Waals surface area contributed by atoms with Gasteiger partial charge in [-0.3, -0.25) is 9.62 Å². The summed E-state index contributed by atoms with van der Waals surface area (Å²) in [5.41, 5.74) is 9.66. The van der Waals surface area contributed by atoms with Crippen LogP contribution in [0.5, 0.6) is 0 Å². The van der Waals surface area contributed by atoms with Gasteiger partial charge in [-0.1, -0.05) is 18.3 Å². The number of aryl methyl sites for hydroxylation is 1. The van der Waals surface area contributed by atoms with Gasteiger partial charge in [0.2, 0.25) is 10.0 Å². The Kier molecular flexibility index (Phi) is 7.04. The molecular formula is C24H28N6O3S3. The molecule has 4 aromatic rings. The van der Waals surface area contributed by atoms with Gasteiger partial charge >= 0.3 is 6.03 Å². The highest BCUT2D eigenvalue weighted by Crippen LogP contribution is 2.40. The summed E-state index contributed by atoms with van der Waals surface area (Å²) in [6, 6.07) is 6.84. The Morgan fingerprint density at radius 3 is 2.44 bits per heavy atom. The summed E-state index contributed by atoms with van der Waals surface area (Å²) in [7, 11) is -3.59. The normalized spacial score (nSPS) is 12.1. The van der Waals surface area contributed by atoms with Crippen molar-refractivity contribution in [3.63, 3.8) is 0 Å². The maximum absolute atomic E-state index is 12.5. The third-order valence-corrected chi connectivity index (χ3v) is 9.77. The van der Waals surface area contributed by atoms with Crippen LogP contribution < -0.4 is 15.4 Å². The summed E-state index contributed by atoms with van der Waals surface area (Å²) in [5, 5.41) is 3.57. The number of benzene rings is 1. The van der Waals surface area contributed by atoms with Gasteiger partial charge in [-0.2, -0.15) is 0 Å². The van der Waals surface area contributed by atoms with Crippen molar-refractivity contribution < 1.29 is 13.2 Å². The average Bonchev–Trinajstić information content (AvgIpc) is 3.45. The van der Waals surface area contributed by atoms with Gasteiger partial charge < -0.3 is 5.73 Å². The standard InChI is InChI=1S/C24H28N6O3S3/c1-6-20-27-18(13-34-20)16-10-15(11-17-21(16)35-23(28-17)30(7-2)22(25)31)14-8-9-19(26-12-14)29-36(32,33)24(3,4)5/h8-13H,6-7H2,1-5H3,(H2,25,31)(H,26,29). The summed E-state index contributed by atoms with van der Waals surface area (Å²) < 4.78 is 27.4. The van der Waals surface area contributed by atoms with Crippen molar-refractivity contribution in [1.82, 2.24) is 15.0 Å². The topological polar surface area (TPSA) is 131 Å². The van der Waals surface area contributed by atoms with Crippen molar-refractivity contribution >= 4 is 59.9 Å². The lowest BCUT2D eigenvalue weighted by Crippen LogP contribution is -2.35. The lowest BCUT2D eigenvalue weighted by Gasteiger charge is -2.19. The van der Waals surface area contributed by atoms with Crippen LogP contribution in [0.25, 0.3) is 32.6 Å². The molecule has 0 saturated heterocycles. The SMILES string of the molecule is CCc1nc(-c2cc(-c3ccc(NS(=O)(=O)C(C)(C)C)nc3)cc3nc(N(CC)C(N)=O)sc23)cs1. The van der Waals surface area contributed by atoms with Crippen molar-refractivity contribution in [2.75, 3.05) is 16.2 Å². The van der Waals surface area contributed by atoms with E-state index in [0.29, 0.717) is 17.2 Å². The summed E-state index contributed by atoms with van der Waals surface area (Å²) in [6.07, 6.45) is 2.46. The molecule has 0 saturated carbocycles. The summed E-state index contributed by atoms with van der Waals surface area (Å²) in [6.45, 7) is 9.20. The van der Waals surface area contributed by atoms with Gasteiger partial charge in [0.1, 0.15) is 5.82 Å². The van der Waals surface area contributed by atoms with Crippen LogP contribution in [0.15, 0.2) is 35.8 Å².